The summed E-state index contributed by atoms with van der Waals surface area (Å²) in [7, 11) is 0. The molecule has 2 rings (SSSR count). The standard InChI is InChI=1S/C9H9BrF2N2/c1-5-2-6(10)9-13-3-7(8(11)12)14(9)4-5/h2-4,8-9,13H,1H3/t9-/m0/s1. The highest BCUT2D eigenvalue weighted by atomic mass is 79.9. The molecule has 0 spiro atoms. The van der Waals surface area contributed by atoms with E-state index in [2.05, 4.69) is 21.2 Å². The molecule has 5 heteroatoms. The van der Waals surface area contributed by atoms with Crippen molar-refractivity contribution in [3.05, 3.63) is 34.2 Å². The number of rotatable bonds is 1. The van der Waals surface area contributed by atoms with Gasteiger partial charge in [0.25, 0.3) is 6.43 Å². The van der Waals surface area contributed by atoms with Gasteiger partial charge in [0.1, 0.15) is 11.9 Å². The van der Waals surface area contributed by atoms with Crippen molar-refractivity contribution in [3.63, 3.8) is 0 Å². The number of alkyl halides is 2. The molecule has 2 nitrogen and oxygen atoms in total. The third kappa shape index (κ3) is 1.45. The van der Waals surface area contributed by atoms with Crippen LogP contribution in [0.25, 0.3) is 0 Å². The van der Waals surface area contributed by atoms with Crippen LogP contribution in [0.4, 0.5) is 8.78 Å². The molecule has 0 aromatic rings. The number of allylic oxidation sites excluding steroid dienone is 3. The number of hydrogen-bond donors (Lipinski definition) is 1. The summed E-state index contributed by atoms with van der Waals surface area (Å²) in [6.45, 7) is 1.87. The van der Waals surface area contributed by atoms with Crippen molar-refractivity contribution in [2.45, 2.75) is 19.5 Å². The zero-order chi connectivity index (χ0) is 10.3. The van der Waals surface area contributed by atoms with Crippen LogP contribution in [-0.4, -0.2) is 17.5 Å². The Morgan fingerprint density at radius 1 is 1.57 bits per heavy atom. The Morgan fingerprint density at radius 2 is 2.29 bits per heavy atom. The first-order valence-corrected chi connectivity index (χ1v) is 4.97. The van der Waals surface area contributed by atoms with E-state index in [9.17, 15) is 8.78 Å². The van der Waals surface area contributed by atoms with Crippen molar-refractivity contribution in [2.24, 2.45) is 0 Å². The van der Waals surface area contributed by atoms with E-state index in [1.54, 1.807) is 11.1 Å². The molecule has 0 aromatic heterocycles. The Hall–Kier alpha value is -0.840. The van der Waals surface area contributed by atoms with E-state index in [1.807, 2.05) is 13.0 Å². The van der Waals surface area contributed by atoms with Gasteiger partial charge in [-0.05, 0) is 18.6 Å². The van der Waals surface area contributed by atoms with Gasteiger partial charge in [-0.3, -0.25) is 0 Å². The number of nitrogens with one attached hydrogen (secondary N) is 1. The van der Waals surface area contributed by atoms with Crippen LogP contribution in [0.3, 0.4) is 0 Å². The van der Waals surface area contributed by atoms with Crippen molar-refractivity contribution in [2.75, 3.05) is 0 Å². The molecule has 14 heavy (non-hydrogen) atoms. The van der Waals surface area contributed by atoms with Gasteiger partial charge in [-0.25, -0.2) is 8.78 Å². The number of nitrogens with zero attached hydrogens (tertiary/aromatic N) is 1. The summed E-state index contributed by atoms with van der Waals surface area (Å²) in [5.41, 5.74) is 0.961. The summed E-state index contributed by atoms with van der Waals surface area (Å²) in [4.78, 5) is 1.55. The predicted octanol–water partition coefficient (Wildman–Crippen LogP) is 2.52. The quantitative estimate of drug-likeness (QED) is 0.782. The van der Waals surface area contributed by atoms with E-state index < -0.39 is 6.43 Å². The maximum absolute atomic E-state index is 12.6. The SMILES string of the molecule is CC1=CN2C(C(F)F)=CN[C@@H]2C(Br)=C1. The highest BCUT2D eigenvalue weighted by Crippen LogP contribution is 2.31. The van der Waals surface area contributed by atoms with E-state index in [0.29, 0.717) is 0 Å². The molecule has 0 radical (unpaired) electrons. The molecule has 76 valence electrons. The summed E-state index contributed by atoms with van der Waals surface area (Å²) >= 11 is 3.35. The monoisotopic (exact) mass is 262 g/mol. The molecule has 1 atom stereocenters. The average molecular weight is 263 g/mol. The first-order chi connectivity index (χ1) is 6.59. The Kier molecular flexibility index (Phi) is 2.34. The summed E-state index contributed by atoms with van der Waals surface area (Å²) in [5, 5.41) is 2.88. The fraction of sp³-hybridized carbons (Fsp3) is 0.333. The van der Waals surface area contributed by atoms with E-state index in [4.69, 9.17) is 0 Å². The van der Waals surface area contributed by atoms with Gasteiger partial charge in [0.05, 0.1) is 0 Å². The second-order valence-corrected chi connectivity index (χ2v) is 4.16. The second-order valence-electron chi connectivity index (χ2n) is 3.25. The zero-order valence-electron chi connectivity index (χ0n) is 7.47. The van der Waals surface area contributed by atoms with E-state index in [-0.39, 0.29) is 11.9 Å². The first kappa shape index (κ1) is 9.71. The fourth-order valence-corrected chi connectivity index (χ4v) is 2.27. The van der Waals surface area contributed by atoms with Crippen LogP contribution in [0.1, 0.15) is 6.92 Å². The van der Waals surface area contributed by atoms with Crippen LogP contribution >= 0.6 is 15.9 Å². The van der Waals surface area contributed by atoms with Crippen LogP contribution < -0.4 is 5.32 Å². The Bertz CT molecular complexity index is 347. The molecule has 2 aliphatic rings. The lowest BCUT2D eigenvalue weighted by Gasteiger charge is -2.29. The van der Waals surface area contributed by atoms with Gasteiger partial charge in [-0.15, -0.1) is 0 Å². The predicted molar refractivity (Wildman–Crippen MR) is 53.6 cm³/mol. The molecular formula is C9H9BrF2N2. The topological polar surface area (TPSA) is 15.3 Å². The largest absolute Gasteiger partial charge is 0.365 e. The lowest BCUT2D eigenvalue weighted by atomic mass is 10.2. The average Bonchev–Trinajstić information content (AvgIpc) is 2.47. The minimum absolute atomic E-state index is 0.0133. The minimum atomic E-state index is -2.45. The van der Waals surface area contributed by atoms with Crippen molar-refractivity contribution >= 4 is 15.9 Å². The zero-order valence-corrected chi connectivity index (χ0v) is 9.05. The molecule has 2 aliphatic heterocycles. The normalized spacial score (nSPS) is 25.4. The first-order valence-electron chi connectivity index (χ1n) is 4.17. The van der Waals surface area contributed by atoms with Gasteiger partial charge < -0.3 is 10.2 Å². The van der Waals surface area contributed by atoms with Gasteiger partial charge in [0, 0.05) is 16.9 Å². The van der Waals surface area contributed by atoms with Gasteiger partial charge in [0.2, 0.25) is 0 Å². The van der Waals surface area contributed by atoms with Crippen LogP contribution in [-0.2, 0) is 0 Å². The second kappa shape index (κ2) is 3.38. The molecule has 0 saturated carbocycles. The molecule has 0 aliphatic carbocycles. The highest BCUT2D eigenvalue weighted by Gasteiger charge is 2.32. The van der Waals surface area contributed by atoms with Crippen molar-refractivity contribution in [1.82, 2.24) is 10.2 Å². The Morgan fingerprint density at radius 3 is 2.93 bits per heavy atom. The number of hydrogen-bond acceptors (Lipinski definition) is 2. The Labute approximate surface area is 89.1 Å². The molecular weight excluding hydrogens is 254 g/mol. The van der Waals surface area contributed by atoms with Crippen LogP contribution in [0, 0.1) is 0 Å². The third-order valence-corrected chi connectivity index (χ3v) is 2.82. The highest BCUT2D eigenvalue weighted by molar-refractivity contribution is 9.11. The van der Waals surface area contributed by atoms with Gasteiger partial charge in [-0.1, -0.05) is 15.9 Å². The maximum atomic E-state index is 12.6. The molecule has 0 fully saturated rings. The molecule has 0 saturated heterocycles. The van der Waals surface area contributed by atoms with Crippen LogP contribution in [0.15, 0.2) is 34.2 Å². The molecule has 2 heterocycles. The van der Waals surface area contributed by atoms with Gasteiger partial charge in [-0.2, -0.15) is 0 Å². The minimum Gasteiger partial charge on any atom is -0.365 e. The summed E-state index contributed by atoms with van der Waals surface area (Å²) in [6, 6.07) is 0. The lowest BCUT2D eigenvalue weighted by molar-refractivity contribution is 0.153. The van der Waals surface area contributed by atoms with Crippen LogP contribution in [0.2, 0.25) is 0 Å². The summed E-state index contributed by atoms with van der Waals surface area (Å²) < 4.78 is 26.0. The smallest absolute Gasteiger partial charge is 0.279 e. The maximum Gasteiger partial charge on any atom is 0.279 e. The lowest BCUT2D eigenvalue weighted by Crippen LogP contribution is -2.36. The van der Waals surface area contributed by atoms with Crippen molar-refractivity contribution < 1.29 is 8.78 Å². The molecule has 0 bridgehead atoms. The molecule has 1 N–H and O–H groups in total. The van der Waals surface area contributed by atoms with Gasteiger partial charge >= 0.3 is 0 Å². The Balaban J connectivity index is 2.30. The number of halogens is 3. The van der Waals surface area contributed by atoms with Gasteiger partial charge in [0.15, 0.2) is 0 Å². The molecule has 0 unspecified atom stereocenters. The van der Waals surface area contributed by atoms with Crippen molar-refractivity contribution in [3.8, 4) is 0 Å². The third-order valence-electron chi connectivity index (χ3n) is 2.16. The molecule has 0 aromatic carbocycles. The van der Waals surface area contributed by atoms with E-state index >= 15 is 0 Å². The summed E-state index contributed by atoms with van der Waals surface area (Å²) in [5.74, 6) is 0. The van der Waals surface area contributed by atoms with E-state index in [1.165, 1.54) is 6.20 Å². The fourth-order valence-electron chi connectivity index (χ4n) is 1.56. The van der Waals surface area contributed by atoms with Crippen molar-refractivity contribution in [1.29, 1.82) is 0 Å². The molecule has 0 amide bonds. The van der Waals surface area contributed by atoms with Crippen LogP contribution in [0.5, 0.6) is 0 Å². The van der Waals surface area contributed by atoms with E-state index in [0.717, 1.165) is 10.1 Å². The summed E-state index contributed by atoms with van der Waals surface area (Å²) in [6.07, 6.45) is 2.33. The number of fused-ring (bicyclic) bond motifs is 1.